The molecule has 0 saturated carbocycles. The van der Waals surface area contributed by atoms with E-state index in [1.54, 1.807) is 0 Å². The number of alkyl halides is 1. The third kappa shape index (κ3) is 5.58. The molecule has 0 aliphatic heterocycles. The molecular weight excluding hydrogens is 468 g/mol. The van der Waals surface area contributed by atoms with Crippen LogP contribution in [0.2, 0.25) is 5.02 Å². The van der Waals surface area contributed by atoms with Crippen molar-refractivity contribution in [1.82, 2.24) is 0 Å². The fourth-order valence-corrected chi connectivity index (χ4v) is 3.56. The van der Waals surface area contributed by atoms with Crippen LogP contribution in [-0.2, 0) is 28.7 Å². The Kier molecular flexibility index (Phi) is 9.03. The number of amides is 2. The number of hydrogen-bond acceptors (Lipinski definition) is 7. The van der Waals surface area contributed by atoms with E-state index in [1.165, 1.54) is 14.0 Å². The van der Waals surface area contributed by atoms with Gasteiger partial charge in [0.25, 0.3) is 5.91 Å². The number of benzene rings is 1. The number of ether oxygens (including phenoxy) is 3. The van der Waals surface area contributed by atoms with Gasteiger partial charge in [0.15, 0.2) is 6.10 Å². The molecule has 1 aromatic carbocycles. The molecule has 11 heteroatoms. The van der Waals surface area contributed by atoms with Gasteiger partial charge in [-0.25, -0.2) is 18.9 Å². The number of halogens is 3. The maximum Gasteiger partial charge on any atom is 0.346 e. The van der Waals surface area contributed by atoms with Crippen molar-refractivity contribution >= 4 is 52.6 Å². The minimum Gasteiger partial charge on any atom is -0.495 e. The zero-order valence-corrected chi connectivity index (χ0v) is 19.2. The molecule has 0 radical (unpaired) electrons. The van der Waals surface area contributed by atoms with Gasteiger partial charge in [-0.15, -0.1) is 11.6 Å². The molecule has 0 fully saturated rings. The Labute approximate surface area is 194 Å². The lowest BCUT2D eigenvalue weighted by Gasteiger charge is -2.26. The maximum absolute atomic E-state index is 14.7. The van der Waals surface area contributed by atoms with Crippen LogP contribution in [0.25, 0.3) is 0 Å². The summed E-state index contributed by atoms with van der Waals surface area (Å²) in [4.78, 5) is 50.7. The first kappa shape index (κ1) is 25.6. The fraction of sp³-hybridized carbons (Fsp3) is 0.429. The van der Waals surface area contributed by atoms with Crippen LogP contribution in [0.1, 0.15) is 32.6 Å². The summed E-state index contributed by atoms with van der Waals surface area (Å²) in [6.07, 6.45) is 0.272. The number of rotatable bonds is 7. The fourth-order valence-electron chi connectivity index (χ4n) is 3.21. The van der Waals surface area contributed by atoms with Crippen LogP contribution in [0.15, 0.2) is 23.3 Å². The topological polar surface area (TPSA) is 99.2 Å². The van der Waals surface area contributed by atoms with Gasteiger partial charge in [0, 0.05) is 17.2 Å². The molecule has 32 heavy (non-hydrogen) atoms. The highest BCUT2D eigenvalue weighted by Crippen LogP contribution is 2.35. The molecule has 2 rings (SSSR count). The second-order valence-electron chi connectivity index (χ2n) is 6.84. The largest absolute Gasteiger partial charge is 0.495 e. The van der Waals surface area contributed by atoms with E-state index >= 15 is 0 Å². The van der Waals surface area contributed by atoms with E-state index in [0.717, 1.165) is 19.2 Å². The highest BCUT2D eigenvalue weighted by atomic mass is 35.5. The van der Waals surface area contributed by atoms with Crippen LogP contribution < -0.4 is 9.64 Å². The molecule has 0 spiro atoms. The smallest absolute Gasteiger partial charge is 0.346 e. The van der Waals surface area contributed by atoms with Gasteiger partial charge in [0.05, 0.1) is 24.9 Å². The highest BCUT2D eigenvalue weighted by molar-refractivity contribution is 6.35. The van der Waals surface area contributed by atoms with Crippen LogP contribution in [0.5, 0.6) is 5.75 Å². The molecule has 1 aromatic rings. The van der Waals surface area contributed by atoms with Gasteiger partial charge in [-0.05, 0) is 38.7 Å². The summed E-state index contributed by atoms with van der Waals surface area (Å²) in [6, 6.07) is 2.00. The Morgan fingerprint density at radius 3 is 2.31 bits per heavy atom. The van der Waals surface area contributed by atoms with E-state index in [2.05, 4.69) is 4.74 Å². The summed E-state index contributed by atoms with van der Waals surface area (Å²) in [5, 5.41) is -0.0579. The molecule has 2 amide bonds. The van der Waals surface area contributed by atoms with Crippen LogP contribution in [-0.4, -0.2) is 50.0 Å². The molecule has 174 valence electrons. The van der Waals surface area contributed by atoms with Crippen molar-refractivity contribution in [3.8, 4) is 5.75 Å². The second-order valence-corrected chi connectivity index (χ2v) is 7.52. The average Bonchev–Trinajstić information content (AvgIpc) is 2.79. The van der Waals surface area contributed by atoms with Gasteiger partial charge in [0.1, 0.15) is 17.4 Å². The van der Waals surface area contributed by atoms with Gasteiger partial charge in [-0.1, -0.05) is 11.6 Å². The minimum absolute atomic E-state index is 0.00529. The molecule has 0 aromatic heterocycles. The summed E-state index contributed by atoms with van der Waals surface area (Å²) in [7, 11) is 2.44. The SMILES string of the molecule is COC(=O)C(C)OC(=O)C1=C(C(=O)N(C(=O)CCl)c2cc(OC)c(Cl)cc2F)CCCC1. The van der Waals surface area contributed by atoms with Crippen molar-refractivity contribution in [2.45, 2.75) is 38.7 Å². The first-order valence-corrected chi connectivity index (χ1v) is 10.5. The van der Waals surface area contributed by atoms with Gasteiger partial charge in [-0.3, -0.25) is 9.59 Å². The highest BCUT2D eigenvalue weighted by Gasteiger charge is 2.34. The van der Waals surface area contributed by atoms with Crippen molar-refractivity contribution in [2.24, 2.45) is 0 Å². The zero-order valence-electron chi connectivity index (χ0n) is 17.7. The third-order valence-corrected chi connectivity index (χ3v) is 5.34. The molecule has 0 N–H and O–H groups in total. The summed E-state index contributed by atoms with van der Waals surface area (Å²) in [5.74, 6) is -5.03. The molecular formula is C21H22Cl2FNO7. The molecule has 1 aliphatic rings. The monoisotopic (exact) mass is 489 g/mol. The van der Waals surface area contributed by atoms with Crippen molar-refractivity contribution in [3.63, 3.8) is 0 Å². The van der Waals surface area contributed by atoms with E-state index in [0.29, 0.717) is 17.7 Å². The van der Waals surface area contributed by atoms with Gasteiger partial charge in [-0.2, -0.15) is 0 Å². The quantitative estimate of drug-likeness (QED) is 0.426. The van der Waals surface area contributed by atoms with Gasteiger partial charge in [0.2, 0.25) is 5.91 Å². The van der Waals surface area contributed by atoms with E-state index in [-0.39, 0.29) is 34.8 Å². The predicted octanol–water partition coefficient (Wildman–Crippen LogP) is 3.56. The molecule has 0 bridgehead atoms. The Morgan fingerprint density at radius 2 is 1.75 bits per heavy atom. The lowest BCUT2D eigenvalue weighted by Crippen LogP contribution is -2.41. The van der Waals surface area contributed by atoms with Crippen molar-refractivity contribution in [1.29, 1.82) is 0 Å². The number of esters is 2. The summed E-state index contributed by atoms with van der Waals surface area (Å²) in [5.41, 5.74) is -0.438. The Hall–Kier alpha value is -2.65. The summed E-state index contributed by atoms with van der Waals surface area (Å²) in [6.45, 7) is 1.33. The Morgan fingerprint density at radius 1 is 1.12 bits per heavy atom. The van der Waals surface area contributed by atoms with E-state index in [4.69, 9.17) is 32.7 Å². The number of nitrogens with zero attached hydrogens (tertiary/aromatic N) is 1. The van der Waals surface area contributed by atoms with Crippen LogP contribution in [0.4, 0.5) is 10.1 Å². The zero-order chi connectivity index (χ0) is 24.0. The maximum atomic E-state index is 14.7. The third-order valence-electron chi connectivity index (χ3n) is 4.82. The minimum atomic E-state index is -1.20. The van der Waals surface area contributed by atoms with Crippen LogP contribution in [0, 0.1) is 5.82 Å². The summed E-state index contributed by atoms with van der Waals surface area (Å²) >= 11 is 11.6. The normalized spacial score (nSPS) is 14.4. The van der Waals surface area contributed by atoms with Gasteiger partial charge < -0.3 is 14.2 Å². The molecule has 0 saturated heterocycles. The predicted molar refractivity (Wildman–Crippen MR) is 114 cm³/mol. The lowest BCUT2D eigenvalue weighted by molar-refractivity contribution is -0.162. The second kappa shape index (κ2) is 11.3. The van der Waals surface area contributed by atoms with Gasteiger partial charge >= 0.3 is 11.9 Å². The molecule has 1 aliphatic carbocycles. The molecule has 1 unspecified atom stereocenters. The van der Waals surface area contributed by atoms with Crippen molar-refractivity contribution in [2.75, 3.05) is 25.0 Å². The number of hydrogen-bond donors (Lipinski definition) is 0. The van der Waals surface area contributed by atoms with Crippen molar-refractivity contribution < 1.29 is 37.8 Å². The van der Waals surface area contributed by atoms with Crippen LogP contribution >= 0.6 is 23.2 Å². The number of carbonyl (C=O) groups is 4. The first-order valence-electron chi connectivity index (χ1n) is 9.63. The molecule has 1 atom stereocenters. The molecule has 0 heterocycles. The summed E-state index contributed by atoms with van der Waals surface area (Å²) < 4.78 is 29.4. The number of carbonyl (C=O) groups excluding carboxylic acids is 4. The number of anilines is 1. The van der Waals surface area contributed by atoms with Crippen molar-refractivity contribution in [3.05, 3.63) is 34.1 Å². The standard InChI is InChI=1S/C21H22Cl2FNO7/c1-11(20(28)31-3)32-21(29)13-7-5-4-6-12(13)19(27)25(18(26)10-22)16-9-17(30-2)14(23)8-15(16)24/h8-9,11H,4-7,10H2,1-3H3. The van der Waals surface area contributed by atoms with E-state index in [9.17, 15) is 23.6 Å². The van der Waals surface area contributed by atoms with E-state index < -0.39 is 47.2 Å². The lowest BCUT2D eigenvalue weighted by atomic mass is 9.90. The van der Waals surface area contributed by atoms with Crippen LogP contribution in [0.3, 0.4) is 0 Å². The molecule has 8 nitrogen and oxygen atoms in total. The number of imide groups is 1. The Bertz CT molecular complexity index is 964. The average molecular weight is 490 g/mol. The Balaban J connectivity index is 2.53. The van der Waals surface area contributed by atoms with E-state index in [1.807, 2.05) is 0 Å². The number of methoxy groups -OCH3 is 2. The first-order chi connectivity index (χ1) is 15.2.